The highest BCUT2D eigenvalue weighted by atomic mass is 19.2. The Morgan fingerprint density at radius 3 is 2.17 bits per heavy atom. The van der Waals surface area contributed by atoms with Crippen LogP contribution in [0.25, 0.3) is 11.3 Å². The molecule has 2 saturated carbocycles. The van der Waals surface area contributed by atoms with Crippen LogP contribution < -0.4 is 5.32 Å². The minimum absolute atomic E-state index is 0.0136. The van der Waals surface area contributed by atoms with Crippen LogP contribution in [0, 0.1) is 36.3 Å². The first-order valence-corrected chi connectivity index (χ1v) is 28.4. The number of hydrogen-bond donors (Lipinski definition) is 9. The molecule has 3 aromatic rings. The summed E-state index contributed by atoms with van der Waals surface area (Å²) in [7, 11) is 0. The Kier molecular flexibility index (Phi) is 20.7. The molecule has 2 amide bonds. The molecule has 0 radical (unpaired) electrons. The van der Waals surface area contributed by atoms with Gasteiger partial charge in [0, 0.05) is 31.1 Å². The molecule has 24 nitrogen and oxygen atoms in total. The summed E-state index contributed by atoms with van der Waals surface area (Å²) in [4.78, 5) is 44.3. The number of likely N-dealkylation sites (tertiary alicyclic amines) is 1. The molecule has 4 saturated heterocycles. The number of aliphatic hydroxyl groups excluding tert-OH is 8. The van der Waals surface area contributed by atoms with Crippen LogP contribution >= 0.6 is 0 Å². The molecule has 2 aromatic carbocycles. The largest absolute Gasteiger partial charge is 0.450 e. The number of ether oxygens (including phenoxy) is 8. The summed E-state index contributed by atoms with van der Waals surface area (Å²) in [6.45, 7) is 3.71. The first-order valence-electron chi connectivity index (χ1n) is 28.4. The number of rotatable bonds is 20. The van der Waals surface area contributed by atoms with Crippen molar-refractivity contribution in [3.8, 4) is 11.3 Å². The van der Waals surface area contributed by atoms with E-state index in [4.69, 9.17) is 37.9 Å². The monoisotopic (exact) mass is 1160 g/mol. The van der Waals surface area contributed by atoms with Crippen molar-refractivity contribution in [2.24, 2.45) is 17.8 Å². The van der Waals surface area contributed by atoms with Crippen molar-refractivity contribution in [3.05, 3.63) is 71.4 Å². The van der Waals surface area contributed by atoms with E-state index in [1.807, 2.05) is 0 Å². The number of aryl methyl sites for hydroxylation is 1. The zero-order valence-electron chi connectivity index (χ0n) is 46.0. The lowest BCUT2D eigenvalue weighted by molar-refractivity contribution is -0.349. The molecular weight excluding hydrogens is 1080 g/mol. The van der Waals surface area contributed by atoms with E-state index in [0.29, 0.717) is 19.5 Å². The van der Waals surface area contributed by atoms with Gasteiger partial charge in [-0.15, -0.1) is 5.10 Å². The van der Waals surface area contributed by atoms with E-state index < -0.39 is 159 Å². The predicted molar refractivity (Wildman–Crippen MR) is 278 cm³/mol. The standard InChI is InChI=1S/C56H77F2N5O19/c1-27-19-32(22-34(57)40(27)58)35-24-63(61-60-35)41-43(67)38(25-64)79-54(45(41)69)75-18-15-59-51(72)33-20-28(2)48(82-55-47(71)46(70)42(66)29(3)76-55)36(23-33)78-56-50(81-53(74)31-13-8-5-9-14-31)49(44(68)39(26-65)80-56)77-37(52(73)62-16-10-17-62)21-30-11-6-4-7-12-30/h5,8-9,13-14,19,22,24,28-30,33,36-39,41-50,54-56,64-71H,4,6-7,10-12,15-18,20-21,23,25-26H2,1-3H3,(H,59,72)/t28-,29?,33?,36-,37+,38-,39?,41?,42-,43-,44+,45?,46+,47?,48?,49?,50?,54+,55+,56-/m1/s1. The molecule has 2 aliphatic carbocycles. The first kappa shape index (κ1) is 61.8. The number of esters is 1. The maximum atomic E-state index is 14.3. The van der Waals surface area contributed by atoms with Gasteiger partial charge in [0.05, 0.1) is 49.9 Å². The van der Waals surface area contributed by atoms with Crippen LogP contribution in [-0.2, 0) is 47.5 Å². The number of aliphatic hydroxyl groups is 8. The molecule has 0 bridgehead atoms. The van der Waals surface area contributed by atoms with Gasteiger partial charge in [-0.05, 0) is 81.2 Å². The second-order valence-electron chi connectivity index (χ2n) is 22.6. The predicted octanol–water partition coefficient (Wildman–Crippen LogP) is 0.549. The van der Waals surface area contributed by atoms with Gasteiger partial charge in [0.25, 0.3) is 5.91 Å². The van der Waals surface area contributed by atoms with E-state index >= 15 is 0 Å². The Balaban J connectivity index is 0.941. The molecule has 20 atom stereocenters. The number of carbonyl (C=O) groups excluding carboxylic acids is 3. The van der Waals surface area contributed by atoms with Crippen molar-refractivity contribution in [1.82, 2.24) is 25.2 Å². The Morgan fingerprint density at radius 1 is 0.780 bits per heavy atom. The summed E-state index contributed by atoms with van der Waals surface area (Å²) >= 11 is 0. The van der Waals surface area contributed by atoms with E-state index in [1.54, 1.807) is 30.0 Å². The Hall–Kier alpha value is -4.75. The third kappa shape index (κ3) is 13.8. The zero-order chi connectivity index (χ0) is 58.5. The summed E-state index contributed by atoms with van der Waals surface area (Å²) in [5.41, 5.74) is 0.407. The van der Waals surface area contributed by atoms with Crippen LogP contribution in [0.1, 0.15) is 93.6 Å². The van der Waals surface area contributed by atoms with Crippen molar-refractivity contribution in [1.29, 1.82) is 0 Å². The van der Waals surface area contributed by atoms with Gasteiger partial charge in [-0.1, -0.05) is 62.4 Å². The number of halogens is 2. The smallest absolute Gasteiger partial charge is 0.338 e. The molecule has 6 aliphatic rings. The maximum Gasteiger partial charge on any atom is 0.338 e. The third-order valence-corrected chi connectivity index (χ3v) is 16.8. The molecule has 9 N–H and O–H groups in total. The summed E-state index contributed by atoms with van der Waals surface area (Å²) in [6.07, 6.45) is -17.5. The summed E-state index contributed by atoms with van der Waals surface area (Å²) < 4.78 is 79.4. The minimum atomic E-state index is -1.74. The van der Waals surface area contributed by atoms with E-state index in [0.717, 1.165) is 49.3 Å². The van der Waals surface area contributed by atoms with Crippen molar-refractivity contribution in [3.63, 3.8) is 0 Å². The van der Waals surface area contributed by atoms with Gasteiger partial charge in [0.15, 0.2) is 36.6 Å². The van der Waals surface area contributed by atoms with Crippen molar-refractivity contribution >= 4 is 17.8 Å². The fourth-order valence-corrected chi connectivity index (χ4v) is 12.0. The third-order valence-electron chi connectivity index (χ3n) is 16.8. The second kappa shape index (κ2) is 27.5. The quantitative estimate of drug-likeness (QED) is 0.0551. The van der Waals surface area contributed by atoms with Gasteiger partial charge in [0.1, 0.15) is 72.8 Å². The molecule has 4 aliphatic heterocycles. The highest BCUT2D eigenvalue weighted by Crippen LogP contribution is 2.40. The average Bonchev–Trinajstić information content (AvgIpc) is 3.96. The number of carbonyl (C=O) groups is 3. The highest BCUT2D eigenvalue weighted by molar-refractivity contribution is 5.89. The van der Waals surface area contributed by atoms with Crippen LogP contribution in [0.15, 0.2) is 48.7 Å². The molecule has 0 spiro atoms. The lowest BCUT2D eigenvalue weighted by atomic mass is 9.77. The minimum Gasteiger partial charge on any atom is -0.450 e. The van der Waals surface area contributed by atoms with Gasteiger partial charge in [-0.25, -0.2) is 18.3 Å². The molecule has 9 rings (SSSR count). The van der Waals surface area contributed by atoms with Crippen molar-refractivity contribution in [2.75, 3.05) is 39.5 Å². The Labute approximate surface area is 472 Å². The highest BCUT2D eigenvalue weighted by Gasteiger charge is 2.54. The number of aromatic nitrogens is 3. The summed E-state index contributed by atoms with van der Waals surface area (Å²) in [6, 6.07) is 8.96. The van der Waals surface area contributed by atoms with Gasteiger partial charge >= 0.3 is 5.97 Å². The van der Waals surface area contributed by atoms with E-state index in [2.05, 4.69) is 15.6 Å². The molecule has 26 heteroatoms. The number of benzene rings is 2. The Bertz CT molecular complexity index is 2580. The van der Waals surface area contributed by atoms with Crippen LogP contribution in [0.2, 0.25) is 0 Å². The van der Waals surface area contributed by atoms with Crippen LogP contribution in [0.5, 0.6) is 0 Å². The van der Waals surface area contributed by atoms with Crippen LogP contribution in [-0.4, -0.2) is 222 Å². The van der Waals surface area contributed by atoms with E-state index in [-0.39, 0.29) is 60.2 Å². The second-order valence-corrected chi connectivity index (χ2v) is 22.6. The molecule has 5 heterocycles. The van der Waals surface area contributed by atoms with E-state index in [1.165, 1.54) is 38.2 Å². The molecule has 454 valence electrons. The van der Waals surface area contributed by atoms with Gasteiger partial charge < -0.3 is 89.0 Å². The summed E-state index contributed by atoms with van der Waals surface area (Å²) in [5.74, 6) is -5.16. The van der Waals surface area contributed by atoms with Crippen molar-refractivity contribution < 1.29 is 102 Å². The molecule has 6 fully saturated rings. The topological polar surface area (TPSA) is 333 Å². The van der Waals surface area contributed by atoms with Crippen molar-refractivity contribution in [2.45, 2.75) is 189 Å². The number of nitrogens with zero attached hydrogens (tertiary/aromatic N) is 4. The van der Waals surface area contributed by atoms with Gasteiger partial charge in [-0.2, -0.15) is 0 Å². The van der Waals surface area contributed by atoms with E-state index in [9.17, 15) is 64.0 Å². The molecule has 82 heavy (non-hydrogen) atoms. The number of amides is 2. The summed E-state index contributed by atoms with van der Waals surface area (Å²) in [5, 5.41) is 98.9. The number of nitrogens with one attached hydrogen (secondary N) is 1. The fourth-order valence-electron chi connectivity index (χ4n) is 12.0. The van der Waals surface area contributed by atoms with Gasteiger partial charge in [0.2, 0.25) is 5.91 Å². The zero-order valence-corrected chi connectivity index (χ0v) is 46.0. The normalized spacial score (nSPS) is 35.8. The lowest BCUT2D eigenvalue weighted by Gasteiger charge is -2.48. The first-order chi connectivity index (χ1) is 39.3. The van der Waals surface area contributed by atoms with Gasteiger partial charge in [-0.3, -0.25) is 9.59 Å². The fraction of sp³-hybridized carbons (Fsp3) is 0.696. The Morgan fingerprint density at radius 2 is 1.49 bits per heavy atom. The lowest BCUT2D eigenvalue weighted by Crippen LogP contribution is -2.64. The van der Waals surface area contributed by atoms with Crippen LogP contribution in [0.3, 0.4) is 0 Å². The SMILES string of the molecule is Cc1cc(-c2cn(C3C(O)[C@@H](OCCNC(=O)C4C[C@@H](C)C(O[C@@H]5OC(C)[C@@H](O)[C@H](O)C5O)[C@H](O[C@@H]5OC(CO)[C@H](O)C(O[C@@H](CC6CCCCC6)C(=O)N6CCC6)C5OC(=O)c5ccccc5)C4)O[C@H](CO)[C@H]3O)nn2)cc(F)c1F. The molecule has 1 aromatic heterocycles. The molecule has 9 unspecified atom stereocenters. The molecular formula is C56H77F2N5O19. The number of hydrogen-bond acceptors (Lipinski definition) is 21. The van der Waals surface area contributed by atoms with Crippen LogP contribution in [0.4, 0.5) is 8.78 Å². The maximum absolute atomic E-state index is 14.3. The average molecular weight is 1160 g/mol.